The van der Waals surface area contributed by atoms with Crippen LogP contribution in [-0.4, -0.2) is 5.11 Å². The summed E-state index contributed by atoms with van der Waals surface area (Å²) in [5, 5.41) is 9.64. The summed E-state index contributed by atoms with van der Waals surface area (Å²) in [6.07, 6.45) is 0. The van der Waals surface area contributed by atoms with E-state index in [4.69, 9.17) is 0 Å². The van der Waals surface area contributed by atoms with Gasteiger partial charge in [-0.05, 0) is 19.4 Å². The molecule has 0 amide bonds. The Morgan fingerprint density at radius 2 is 1.55 bits per heavy atom. The van der Waals surface area contributed by atoms with E-state index in [1.165, 1.54) is 0 Å². The maximum atomic E-state index is 9.64. The van der Waals surface area contributed by atoms with E-state index in [0.717, 1.165) is 11.1 Å². The molecule has 0 rings (SSSR count). The van der Waals surface area contributed by atoms with Crippen molar-refractivity contribution in [2.45, 2.75) is 34.6 Å². The van der Waals surface area contributed by atoms with Crippen LogP contribution in [0.2, 0.25) is 0 Å². The molecule has 0 aliphatic carbocycles. The molecule has 0 aliphatic rings. The van der Waals surface area contributed by atoms with Crippen molar-refractivity contribution in [2.75, 3.05) is 0 Å². The smallest absolute Gasteiger partial charge is 0.101 e. The number of aliphatic hydroxyl groups excluding tert-OH is 1. The van der Waals surface area contributed by atoms with Gasteiger partial charge in [0, 0.05) is 5.41 Å². The second-order valence-electron chi connectivity index (χ2n) is 4.00. The van der Waals surface area contributed by atoms with Gasteiger partial charge in [0.1, 0.15) is 5.76 Å². The number of rotatable bonds is 1. The fourth-order valence-corrected chi connectivity index (χ4v) is 0.765. The maximum absolute atomic E-state index is 9.64. The van der Waals surface area contributed by atoms with Gasteiger partial charge in [-0.3, -0.25) is 0 Å². The summed E-state index contributed by atoms with van der Waals surface area (Å²) < 4.78 is 0. The predicted molar refractivity (Wildman–Crippen MR) is 49.6 cm³/mol. The molecule has 0 spiro atoms. The highest BCUT2D eigenvalue weighted by Gasteiger charge is 2.18. The van der Waals surface area contributed by atoms with E-state index < -0.39 is 0 Å². The SMILES string of the molecule is C=C(C)/C(C)=C(/O)C(C)(C)C. The highest BCUT2D eigenvalue weighted by atomic mass is 16.3. The molecule has 64 valence electrons. The zero-order valence-corrected chi connectivity index (χ0v) is 8.15. The number of hydrogen-bond donors (Lipinski definition) is 1. The molecule has 0 unspecified atom stereocenters. The molecule has 0 aromatic rings. The zero-order valence-electron chi connectivity index (χ0n) is 8.15. The van der Waals surface area contributed by atoms with Crippen LogP contribution >= 0.6 is 0 Å². The molecule has 0 fully saturated rings. The topological polar surface area (TPSA) is 20.2 Å². The fraction of sp³-hybridized carbons (Fsp3) is 0.600. The molecule has 0 saturated carbocycles. The zero-order chi connectivity index (χ0) is 9.23. The van der Waals surface area contributed by atoms with Gasteiger partial charge in [0.25, 0.3) is 0 Å². The predicted octanol–water partition coefficient (Wildman–Crippen LogP) is 3.44. The van der Waals surface area contributed by atoms with E-state index >= 15 is 0 Å². The third kappa shape index (κ3) is 2.79. The van der Waals surface area contributed by atoms with Crippen LogP contribution < -0.4 is 0 Å². The van der Waals surface area contributed by atoms with Crippen molar-refractivity contribution in [1.29, 1.82) is 0 Å². The summed E-state index contributed by atoms with van der Waals surface area (Å²) in [5.74, 6) is 0.435. The van der Waals surface area contributed by atoms with Gasteiger partial charge >= 0.3 is 0 Å². The monoisotopic (exact) mass is 154 g/mol. The highest BCUT2D eigenvalue weighted by Crippen LogP contribution is 2.27. The van der Waals surface area contributed by atoms with Crippen molar-refractivity contribution < 1.29 is 5.11 Å². The number of hydrogen-bond acceptors (Lipinski definition) is 1. The average Bonchev–Trinajstić information content (AvgIpc) is 1.82. The molecule has 0 bridgehead atoms. The van der Waals surface area contributed by atoms with Gasteiger partial charge in [0.15, 0.2) is 0 Å². The summed E-state index contributed by atoms with van der Waals surface area (Å²) in [6, 6.07) is 0. The van der Waals surface area contributed by atoms with Gasteiger partial charge < -0.3 is 5.11 Å². The lowest BCUT2D eigenvalue weighted by molar-refractivity contribution is 0.272. The van der Waals surface area contributed by atoms with Crippen LogP contribution in [0.5, 0.6) is 0 Å². The average molecular weight is 154 g/mol. The minimum absolute atomic E-state index is 0.164. The molecule has 1 heteroatoms. The second-order valence-corrected chi connectivity index (χ2v) is 4.00. The van der Waals surface area contributed by atoms with Gasteiger partial charge in [-0.25, -0.2) is 0 Å². The second kappa shape index (κ2) is 3.12. The van der Waals surface area contributed by atoms with Crippen LogP contribution in [0.15, 0.2) is 23.5 Å². The fourth-order valence-electron chi connectivity index (χ4n) is 0.765. The van der Waals surface area contributed by atoms with E-state index in [2.05, 4.69) is 6.58 Å². The minimum atomic E-state index is -0.164. The van der Waals surface area contributed by atoms with E-state index in [0.29, 0.717) is 5.76 Å². The van der Waals surface area contributed by atoms with E-state index in [9.17, 15) is 5.11 Å². The van der Waals surface area contributed by atoms with Crippen molar-refractivity contribution in [2.24, 2.45) is 5.41 Å². The lowest BCUT2D eigenvalue weighted by Gasteiger charge is -2.20. The van der Waals surface area contributed by atoms with Gasteiger partial charge in [0.05, 0.1) is 0 Å². The summed E-state index contributed by atoms with van der Waals surface area (Å²) in [6.45, 7) is 13.5. The molecule has 0 radical (unpaired) electrons. The molecular weight excluding hydrogens is 136 g/mol. The van der Waals surface area contributed by atoms with Crippen LogP contribution in [0.4, 0.5) is 0 Å². The quantitative estimate of drug-likeness (QED) is 0.453. The first-order valence-corrected chi connectivity index (χ1v) is 3.83. The molecule has 1 nitrogen and oxygen atoms in total. The Balaban J connectivity index is 4.82. The third-order valence-corrected chi connectivity index (χ3v) is 1.71. The minimum Gasteiger partial charge on any atom is -0.511 e. The lowest BCUT2D eigenvalue weighted by atomic mass is 9.89. The van der Waals surface area contributed by atoms with E-state index in [-0.39, 0.29) is 5.41 Å². The summed E-state index contributed by atoms with van der Waals surface area (Å²) in [7, 11) is 0. The lowest BCUT2D eigenvalue weighted by Crippen LogP contribution is -2.11. The molecular formula is C10H18O. The Hall–Kier alpha value is -0.720. The van der Waals surface area contributed by atoms with Crippen LogP contribution in [0.3, 0.4) is 0 Å². The molecule has 0 atom stereocenters. The van der Waals surface area contributed by atoms with Crippen molar-refractivity contribution in [1.82, 2.24) is 0 Å². The Bertz CT molecular complexity index is 191. The van der Waals surface area contributed by atoms with E-state index in [1.54, 1.807) is 0 Å². The summed E-state index contributed by atoms with van der Waals surface area (Å²) in [4.78, 5) is 0. The Morgan fingerprint density at radius 1 is 1.18 bits per heavy atom. The van der Waals surface area contributed by atoms with E-state index in [1.807, 2.05) is 34.6 Å². The Kier molecular flexibility index (Phi) is 2.92. The van der Waals surface area contributed by atoms with Crippen LogP contribution in [0.1, 0.15) is 34.6 Å². The van der Waals surface area contributed by atoms with Crippen molar-refractivity contribution in [3.63, 3.8) is 0 Å². The highest BCUT2D eigenvalue weighted by molar-refractivity contribution is 5.28. The third-order valence-electron chi connectivity index (χ3n) is 1.71. The molecule has 1 N–H and O–H groups in total. The molecule has 0 aliphatic heterocycles. The van der Waals surface area contributed by atoms with Crippen molar-refractivity contribution in [3.05, 3.63) is 23.5 Å². The standard InChI is InChI=1S/C10H18O/c1-7(2)8(3)9(11)10(4,5)6/h11H,1H2,2-6H3/b9-8+. The first-order chi connectivity index (χ1) is 4.76. The first kappa shape index (κ1) is 10.3. The van der Waals surface area contributed by atoms with Gasteiger partial charge in [0.2, 0.25) is 0 Å². The maximum Gasteiger partial charge on any atom is 0.101 e. The molecule has 0 saturated heterocycles. The van der Waals surface area contributed by atoms with Crippen molar-refractivity contribution in [3.8, 4) is 0 Å². The number of allylic oxidation sites excluding steroid dienone is 3. The van der Waals surface area contributed by atoms with Gasteiger partial charge in [-0.1, -0.05) is 32.9 Å². The summed E-state index contributed by atoms with van der Waals surface area (Å²) in [5.41, 5.74) is 1.66. The molecule has 0 aromatic carbocycles. The molecule has 11 heavy (non-hydrogen) atoms. The molecule has 0 heterocycles. The number of aliphatic hydroxyl groups is 1. The first-order valence-electron chi connectivity index (χ1n) is 3.83. The molecule has 0 aromatic heterocycles. The van der Waals surface area contributed by atoms with Crippen LogP contribution in [0, 0.1) is 5.41 Å². The van der Waals surface area contributed by atoms with Crippen LogP contribution in [0.25, 0.3) is 0 Å². The normalized spacial score (nSPS) is 14.3. The largest absolute Gasteiger partial charge is 0.511 e. The van der Waals surface area contributed by atoms with Crippen LogP contribution in [-0.2, 0) is 0 Å². The Labute approximate surface area is 69.4 Å². The Morgan fingerprint density at radius 3 is 1.64 bits per heavy atom. The van der Waals surface area contributed by atoms with Gasteiger partial charge in [-0.15, -0.1) is 0 Å². The summed E-state index contributed by atoms with van der Waals surface area (Å²) >= 11 is 0. The van der Waals surface area contributed by atoms with Crippen molar-refractivity contribution >= 4 is 0 Å². The van der Waals surface area contributed by atoms with Gasteiger partial charge in [-0.2, -0.15) is 0 Å².